The zero-order chi connectivity index (χ0) is 22.9. The van der Waals surface area contributed by atoms with Gasteiger partial charge in [0.1, 0.15) is 5.82 Å². The van der Waals surface area contributed by atoms with Crippen LogP contribution >= 0.6 is 11.5 Å². The third-order valence-corrected chi connectivity index (χ3v) is 7.12. The Labute approximate surface area is 194 Å². The molecule has 10 heteroatoms. The van der Waals surface area contributed by atoms with E-state index in [1.807, 2.05) is 12.1 Å². The van der Waals surface area contributed by atoms with Crippen LogP contribution in [-0.2, 0) is 0 Å². The van der Waals surface area contributed by atoms with Crippen molar-refractivity contribution in [1.29, 1.82) is 0 Å². The minimum Gasteiger partial charge on any atom is -0.353 e. The van der Waals surface area contributed by atoms with Crippen molar-refractivity contribution in [1.82, 2.24) is 14.2 Å². The Bertz CT molecular complexity index is 1230. The highest BCUT2D eigenvalue weighted by Gasteiger charge is 2.36. The summed E-state index contributed by atoms with van der Waals surface area (Å²) in [6.45, 7) is 4.96. The van der Waals surface area contributed by atoms with Crippen molar-refractivity contribution in [3.63, 3.8) is 0 Å². The molecule has 0 unspecified atom stereocenters. The lowest BCUT2D eigenvalue weighted by atomic mass is 10.1. The molecule has 0 spiro atoms. The largest absolute Gasteiger partial charge is 0.353 e. The molecule has 2 aliphatic rings. The number of benzene rings is 2. The van der Waals surface area contributed by atoms with E-state index < -0.39 is 10.8 Å². The van der Waals surface area contributed by atoms with Crippen LogP contribution in [0.3, 0.4) is 0 Å². The van der Waals surface area contributed by atoms with Gasteiger partial charge >= 0.3 is 0 Å². The van der Waals surface area contributed by atoms with E-state index in [9.17, 15) is 19.7 Å². The first kappa shape index (κ1) is 21.5. The average molecular weight is 466 g/mol. The van der Waals surface area contributed by atoms with Gasteiger partial charge in [0.25, 0.3) is 17.5 Å². The summed E-state index contributed by atoms with van der Waals surface area (Å²) in [6.07, 6.45) is 1.57. The van der Waals surface area contributed by atoms with Gasteiger partial charge in [-0.1, -0.05) is 12.1 Å². The molecule has 0 aliphatic carbocycles. The first-order chi connectivity index (χ1) is 16.0. The number of non-ortho nitro benzene ring substituents is 1. The van der Waals surface area contributed by atoms with Crippen molar-refractivity contribution < 1.29 is 14.5 Å². The van der Waals surface area contributed by atoms with Gasteiger partial charge in [-0.25, -0.2) is 0 Å². The third kappa shape index (κ3) is 4.07. The number of imide groups is 1. The van der Waals surface area contributed by atoms with Gasteiger partial charge in [-0.2, -0.15) is 4.37 Å². The van der Waals surface area contributed by atoms with Gasteiger partial charge in [-0.05, 0) is 49.1 Å². The van der Waals surface area contributed by atoms with Gasteiger partial charge < -0.3 is 4.90 Å². The molecule has 2 amide bonds. The van der Waals surface area contributed by atoms with Gasteiger partial charge in [-0.3, -0.25) is 29.5 Å². The number of unbranched alkanes of at least 4 members (excludes halogenated alkanes) is 1. The molecule has 1 fully saturated rings. The number of carbonyl (C=O) groups excluding carboxylic acids is 2. The highest BCUT2D eigenvalue weighted by atomic mass is 32.1. The maximum atomic E-state index is 12.6. The lowest BCUT2D eigenvalue weighted by molar-refractivity contribution is -0.384. The van der Waals surface area contributed by atoms with Crippen LogP contribution < -0.4 is 4.90 Å². The number of carbonyl (C=O) groups is 2. The molecule has 0 bridgehead atoms. The van der Waals surface area contributed by atoms with Crippen LogP contribution in [0.25, 0.3) is 10.1 Å². The smallest absolute Gasteiger partial charge is 0.270 e. The molecule has 9 nitrogen and oxygen atoms in total. The number of hydrogen-bond acceptors (Lipinski definition) is 8. The summed E-state index contributed by atoms with van der Waals surface area (Å²) in [7, 11) is 0. The third-order valence-electron chi connectivity index (χ3n) is 6.30. The van der Waals surface area contributed by atoms with Gasteiger partial charge in [0.05, 0.1) is 20.8 Å². The van der Waals surface area contributed by atoms with E-state index >= 15 is 0 Å². The normalized spacial score (nSPS) is 16.6. The summed E-state index contributed by atoms with van der Waals surface area (Å²) in [5.41, 5.74) is 0.192. The Morgan fingerprint density at radius 2 is 1.67 bits per heavy atom. The summed E-state index contributed by atoms with van der Waals surface area (Å²) in [5.74, 6) is 0.262. The van der Waals surface area contributed by atoms with Crippen LogP contribution in [0.4, 0.5) is 11.5 Å². The number of nitrogens with zero attached hydrogens (tertiary/aromatic N) is 5. The van der Waals surface area contributed by atoms with Crippen LogP contribution in [0.1, 0.15) is 33.6 Å². The maximum Gasteiger partial charge on any atom is 0.270 e. The number of fused-ring (bicyclic) bond motifs is 2. The molecule has 0 saturated carbocycles. The fourth-order valence-corrected chi connectivity index (χ4v) is 5.28. The lowest BCUT2D eigenvalue weighted by Crippen LogP contribution is -2.46. The number of amides is 2. The molecule has 0 radical (unpaired) electrons. The van der Waals surface area contributed by atoms with Crippen LogP contribution in [0.5, 0.6) is 0 Å². The van der Waals surface area contributed by atoms with E-state index in [1.54, 1.807) is 0 Å². The summed E-state index contributed by atoms with van der Waals surface area (Å²) >= 11 is 1.54. The molecule has 1 saturated heterocycles. The monoisotopic (exact) mass is 465 g/mol. The summed E-state index contributed by atoms with van der Waals surface area (Å²) < 4.78 is 5.86. The van der Waals surface area contributed by atoms with E-state index in [0.29, 0.717) is 13.0 Å². The molecule has 1 aromatic heterocycles. The molecule has 2 aliphatic heterocycles. The van der Waals surface area contributed by atoms with E-state index in [1.165, 1.54) is 44.7 Å². The predicted octanol–water partition coefficient (Wildman–Crippen LogP) is 3.40. The molecular formula is C23H23N5O4S. The van der Waals surface area contributed by atoms with E-state index in [2.05, 4.69) is 26.3 Å². The molecule has 0 N–H and O–H groups in total. The van der Waals surface area contributed by atoms with Crippen LogP contribution in [-0.4, -0.2) is 70.2 Å². The van der Waals surface area contributed by atoms with Crippen molar-refractivity contribution in [3.8, 4) is 0 Å². The standard InChI is InChI=1S/C23H23N5O4S/c29-22-17-8-7-16(28(31)32)15-19(17)23(30)27(22)10-4-3-9-25-11-13-26(14-12-25)21-18-5-1-2-6-20(18)33-24-21/h1-2,5-8,15H,3-4,9-14H2. The minimum absolute atomic E-state index is 0.125. The van der Waals surface area contributed by atoms with Crippen molar-refractivity contribution in [2.45, 2.75) is 12.8 Å². The molecule has 3 aromatic rings. The Kier molecular flexibility index (Phi) is 5.77. The SMILES string of the molecule is O=C1c2ccc([N+](=O)[O-])cc2C(=O)N1CCCCN1CCN(c2nsc3ccccc23)CC1. The number of nitro groups is 1. The number of anilines is 1. The topological polar surface area (TPSA) is 99.9 Å². The number of piperazine rings is 1. The molecule has 33 heavy (non-hydrogen) atoms. The second-order valence-electron chi connectivity index (χ2n) is 8.29. The average Bonchev–Trinajstić information content (AvgIpc) is 3.36. The van der Waals surface area contributed by atoms with Crippen LogP contribution in [0.15, 0.2) is 42.5 Å². The zero-order valence-corrected chi connectivity index (χ0v) is 18.8. The van der Waals surface area contributed by atoms with Crippen molar-refractivity contribution >= 4 is 44.9 Å². The fraction of sp³-hybridized carbons (Fsp3) is 0.348. The Morgan fingerprint density at radius 1 is 0.939 bits per heavy atom. The second-order valence-corrected chi connectivity index (χ2v) is 9.09. The van der Waals surface area contributed by atoms with Crippen molar-refractivity contribution in [2.24, 2.45) is 0 Å². The van der Waals surface area contributed by atoms with E-state index in [0.717, 1.165) is 45.0 Å². The first-order valence-corrected chi connectivity index (χ1v) is 11.8. The molecular weight excluding hydrogens is 442 g/mol. The van der Waals surface area contributed by atoms with Gasteiger partial charge in [0.15, 0.2) is 0 Å². The molecule has 2 aromatic carbocycles. The van der Waals surface area contributed by atoms with Gasteiger partial charge in [-0.15, -0.1) is 0 Å². The lowest BCUT2D eigenvalue weighted by Gasteiger charge is -2.35. The minimum atomic E-state index is -0.558. The summed E-state index contributed by atoms with van der Waals surface area (Å²) in [4.78, 5) is 41.5. The molecule has 5 rings (SSSR count). The van der Waals surface area contributed by atoms with Crippen LogP contribution in [0, 0.1) is 10.1 Å². The van der Waals surface area contributed by atoms with Gasteiger partial charge in [0.2, 0.25) is 0 Å². The number of nitro benzene ring substituents is 1. The van der Waals surface area contributed by atoms with Crippen molar-refractivity contribution in [3.05, 3.63) is 63.7 Å². The molecule has 170 valence electrons. The van der Waals surface area contributed by atoms with Crippen molar-refractivity contribution in [2.75, 3.05) is 44.2 Å². The van der Waals surface area contributed by atoms with E-state index in [-0.39, 0.29) is 22.7 Å². The van der Waals surface area contributed by atoms with Gasteiger partial charge in [0, 0.05) is 50.2 Å². The fourth-order valence-electron chi connectivity index (χ4n) is 4.48. The summed E-state index contributed by atoms with van der Waals surface area (Å²) in [5, 5.41) is 12.2. The zero-order valence-electron chi connectivity index (χ0n) is 18.0. The number of rotatable bonds is 7. The maximum absolute atomic E-state index is 12.6. The predicted molar refractivity (Wildman–Crippen MR) is 126 cm³/mol. The molecule has 0 atom stereocenters. The Balaban J connectivity index is 1.09. The quantitative estimate of drug-likeness (QED) is 0.228. The second kappa shape index (κ2) is 8.87. The summed E-state index contributed by atoms with van der Waals surface area (Å²) in [6, 6.07) is 12.1. The highest BCUT2D eigenvalue weighted by Crippen LogP contribution is 2.30. The number of aromatic nitrogens is 1. The Morgan fingerprint density at radius 3 is 2.45 bits per heavy atom. The van der Waals surface area contributed by atoms with E-state index in [4.69, 9.17) is 0 Å². The first-order valence-electron chi connectivity index (χ1n) is 11.0. The Hall–Kier alpha value is -3.37. The number of hydrogen-bond donors (Lipinski definition) is 0. The van der Waals surface area contributed by atoms with Crippen LogP contribution in [0.2, 0.25) is 0 Å². The molecule has 3 heterocycles. The highest BCUT2D eigenvalue weighted by molar-refractivity contribution is 7.13.